The van der Waals surface area contributed by atoms with Gasteiger partial charge in [0.05, 0.1) is 44.8 Å². The number of alkyl halides is 1. The molecule has 127 heavy (non-hydrogen) atoms. The quantitative estimate of drug-likeness (QED) is 0.0150. The zero-order valence-electron chi connectivity index (χ0n) is 72.9. The van der Waals surface area contributed by atoms with Gasteiger partial charge in [0, 0.05) is 94.1 Å². The van der Waals surface area contributed by atoms with Crippen LogP contribution in [0.1, 0.15) is 79.8 Å². The van der Waals surface area contributed by atoms with Crippen LogP contribution >= 0.6 is 79.9 Å². The van der Waals surface area contributed by atoms with E-state index in [1.165, 1.54) is 34.0 Å². The topological polar surface area (TPSA) is 156 Å². The summed E-state index contributed by atoms with van der Waals surface area (Å²) in [6.07, 6.45) is 14.9. The number of nitrogens with zero attached hydrogens (tertiary/aromatic N) is 5. The molecule has 0 aliphatic rings. The summed E-state index contributed by atoms with van der Waals surface area (Å²) in [5.41, 5.74) is 20.2. The molecule has 13 aromatic carbocycles. The van der Waals surface area contributed by atoms with Crippen molar-refractivity contribution in [3.63, 3.8) is 0 Å². The Morgan fingerprint density at radius 3 is 0.929 bits per heavy atom. The first-order valence-electron chi connectivity index (χ1n) is 41.1. The van der Waals surface area contributed by atoms with Crippen LogP contribution in [-0.4, -0.2) is 66.5 Å². The summed E-state index contributed by atoms with van der Waals surface area (Å²) >= 11 is 13.6. The van der Waals surface area contributed by atoms with Gasteiger partial charge in [-0.1, -0.05) is 294 Å². The van der Waals surface area contributed by atoms with Gasteiger partial charge in [-0.2, -0.15) is 0 Å². The van der Waals surface area contributed by atoms with Gasteiger partial charge in [0.25, 0.3) is 0 Å². The normalized spacial score (nSPS) is 10.6. The minimum Gasteiger partial charge on any atom is -1.00 e. The number of carbonyl (C=O) groups excluding carboxylic acids is 1. The summed E-state index contributed by atoms with van der Waals surface area (Å²) in [7, 11) is -5.49. The maximum atomic E-state index is 12.2. The third-order valence-electron chi connectivity index (χ3n) is 18.1. The molecule has 0 fully saturated rings. The van der Waals surface area contributed by atoms with Gasteiger partial charge in [-0.25, -0.2) is 0 Å². The van der Waals surface area contributed by atoms with Gasteiger partial charge >= 0.3 is 52.9 Å². The van der Waals surface area contributed by atoms with Gasteiger partial charge in [0.15, 0.2) is 0 Å². The molecule has 0 atom stereocenters. The molecule has 2 aromatic heterocycles. The number of para-hydroxylation sites is 6. The van der Waals surface area contributed by atoms with Gasteiger partial charge in [0.1, 0.15) is 6.29 Å². The molecule has 644 valence electrons. The predicted molar refractivity (Wildman–Crippen MR) is 543 cm³/mol. The molecule has 22 heteroatoms. The smallest absolute Gasteiger partial charge is 1.00 e. The van der Waals surface area contributed by atoms with Crippen LogP contribution in [0.3, 0.4) is 0 Å². The summed E-state index contributed by atoms with van der Waals surface area (Å²) in [6, 6.07) is 129. The molecule has 15 rings (SSSR count). The van der Waals surface area contributed by atoms with E-state index in [2.05, 4.69) is 349 Å². The molecule has 2 heterocycles. The molecule has 0 spiro atoms. The number of hydrogen-bond acceptors (Lipinski definition) is 14. The predicted octanol–water partition coefficient (Wildman–Crippen LogP) is 27.2. The molecule has 0 amide bonds. The summed E-state index contributed by atoms with van der Waals surface area (Å²) < 4.78 is 41.3. The third-order valence-corrected chi connectivity index (χ3v) is 23.7. The van der Waals surface area contributed by atoms with Crippen molar-refractivity contribution in [1.29, 1.82) is 0 Å². The first-order chi connectivity index (χ1) is 61.6. The van der Waals surface area contributed by atoms with Crippen molar-refractivity contribution in [2.24, 2.45) is 0 Å². The van der Waals surface area contributed by atoms with Crippen molar-refractivity contribution in [3.8, 4) is 11.1 Å². The Bertz CT molecular complexity index is 5480. The first-order valence-corrected chi connectivity index (χ1v) is 47.4. The molecular formula is C105H103BBr4N5NaO9P2. The van der Waals surface area contributed by atoms with Crippen LogP contribution in [0.2, 0.25) is 0 Å². The Kier molecular flexibility index (Phi) is 47.2. The van der Waals surface area contributed by atoms with Crippen molar-refractivity contribution in [1.82, 2.24) is 9.97 Å². The van der Waals surface area contributed by atoms with Crippen LogP contribution < -0.4 is 49.9 Å². The second-order valence-electron chi connectivity index (χ2n) is 27.1. The van der Waals surface area contributed by atoms with Crippen LogP contribution in [-0.2, 0) is 38.7 Å². The molecule has 0 aliphatic heterocycles. The maximum absolute atomic E-state index is 12.2. The Hall–Kier alpha value is -9.93. The zero-order chi connectivity index (χ0) is 89.2. The molecule has 14 nitrogen and oxygen atoms in total. The molecule has 0 saturated heterocycles. The molecule has 0 radical (unpaired) electrons. The first kappa shape index (κ1) is 102. The second kappa shape index (κ2) is 58.5. The Balaban J connectivity index is 0.000000215. The van der Waals surface area contributed by atoms with E-state index < -0.39 is 23.3 Å². The molecule has 2 N–H and O–H groups in total. The molecule has 0 saturated carbocycles. The van der Waals surface area contributed by atoms with Gasteiger partial charge in [0.2, 0.25) is 0 Å². The standard InChI is InChI=1S/C31H24N2.C26H20BrN.C19H15NO.C11H16BrO3P.C7H6Br2.C6H15O3P.C5H6BNO2.Na.H/c1-3-9-29(10-4-1)33(30-11-5-2-6-12-30)31-21-17-26(18-22-31)14-13-25-15-19-27(20-16-25)28-8-7-23-32-24-28;27-23-17-13-21(14-18-23)11-12-22-15-19-26(20-16-22)28(24-7-3-1-4-8-24)25-9-5-2-6-10-25;21-15-16-11-13-19(14-12-16)20(17-7-3-1-4-8-17)18-9-5-2-6-10-18;1-3-14-16(13,15-4-2)9-10-5-7-11(12)8-6-10;8-5-6-1-3-7(9)4-2-6;1-4-7-10(8-5-2)9-6-3;8-6(9)5-3-1-2-4-7-5;;/h1-24H;1-20H;1-15H;5-8H,3-4,9H2,1-2H3;1-4H,5H2;4-6H2,1-3H3;1-4,8-9H;;/q;;;;;;;+1;-1/b14-13+;12-11+;;;;;;;. The van der Waals surface area contributed by atoms with Crippen molar-refractivity contribution in [3.05, 3.63) is 453 Å². The number of rotatable bonds is 29. The molecular weight excluding hydrogens is 1890 g/mol. The van der Waals surface area contributed by atoms with E-state index in [1.54, 1.807) is 24.4 Å². The average Bonchev–Trinajstić information content (AvgIpc) is 0.785. The van der Waals surface area contributed by atoms with Crippen LogP contribution in [0, 0.1) is 0 Å². The third kappa shape index (κ3) is 36.3. The molecule has 0 bridgehead atoms. The number of carbonyl (C=O) groups is 1. The second-order valence-corrected chi connectivity index (χ2v) is 33.7. The average molecular weight is 1990 g/mol. The number of aldehydes is 1. The summed E-state index contributed by atoms with van der Waals surface area (Å²) in [5.74, 6) is 0. The molecule has 0 unspecified atom stereocenters. The van der Waals surface area contributed by atoms with Crippen LogP contribution in [0.4, 0.5) is 51.2 Å². The van der Waals surface area contributed by atoms with E-state index >= 15 is 0 Å². The largest absolute Gasteiger partial charge is 1.00 e. The Labute approximate surface area is 808 Å². The Morgan fingerprint density at radius 2 is 0.654 bits per heavy atom. The SMILES string of the molecule is BrCc1ccc(Br)cc1.Brc1ccc(/C=C/c2ccc(N(c3ccccc3)c3ccccc3)cc2)cc1.C(=C\c1ccc(N(c2ccccc2)c2ccccc2)cc1)/c1ccc(-c2cccnc2)cc1.CCOP(=O)(Cc1ccc(Br)cc1)OCC.CCOP(OCC)OCC.O=Cc1ccc(N(c2ccccc2)c2ccccc2)cc1.OB(O)c1ccccn1.[H-].[Na+]. The van der Waals surface area contributed by atoms with Crippen molar-refractivity contribution in [2.75, 3.05) is 47.7 Å². The van der Waals surface area contributed by atoms with E-state index in [4.69, 9.17) is 32.7 Å². The molecule has 15 aromatic rings. The van der Waals surface area contributed by atoms with Crippen LogP contribution in [0.15, 0.2) is 414 Å². The number of hydrogen-bond donors (Lipinski definition) is 2. The van der Waals surface area contributed by atoms with E-state index in [0.29, 0.717) is 44.8 Å². The zero-order valence-corrected chi connectivity index (χ0v) is 82.0. The van der Waals surface area contributed by atoms with E-state index in [-0.39, 0.29) is 36.6 Å². The number of aromatic nitrogens is 2. The number of benzene rings is 13. The van der Waals surface area contributed by atoms with Crippen molar-refractivity contribution in [2.45, 2.75) is 46.1 Å². The van der Waals surface area contributed by atoms with E-state index in [0.717, 1.165) is 92.9 Å². The van der Waals surface area contributed by atoms with Gasteiger partial charge in [-0.3, -0.25) is 19.3 Å². The fourth-order valence-corrected chi connectivity index (χ4v) is 15.8. The summed E-state index contributed by atoms with van der Waals surface area (Å²) in [6.45, 7) is 12.1. The van der Waals surface area contributed by atoms with Gasteiger partial charge in [-0.15, -0.1) is 0 Å². The number of pyridine rings is 2. The van der Waals surface area contributed by atoms with Crippen molar-refractivity contribution >= 4 is 174 Å². The van der Waals surface area contributed by atoms with Crippen molar-refractivity contribution < 1.29 is 73.0 Å². The van der Waals surface area contributed by atoms with Crippen LogP contribution in [0.25, 0.3) is 35.4 Å². The number of anilines is 9. The minimum absolute atomic E-state index is 0. The maximum Gasteiger partial charge on any atom is 1.00 e. The summed E-state index contributed by atoms with van der Waals surface area (Å²) in [5, 5.41) is 18.0. The van der Waals surface area contributed by atoms with E-state index in [9.17, 15) is 9.36 Å². The molecule has 0 aliphatic carbocycles. The minimum atomic E-state index is -2.97. The fourth-order valence-electron chi connectivity index (χ4n) is 12.1. The fraction of sp³-hybridized carbons (Fsp3) is 0.114. The van der Waals surface area contributed by atoms with Gasteiger partial charge in [-0.05, 0) is 255 Å². The van der Waals surface area contributed by atoms with E-state index in [1.807, 2.05) is 168 Å². The Morgan fingerprint density at radius 1 is 0.354 bits per heavy atom. The van der Waals surface area contributed by atoms with Crippen LogP contribution in [0.5, 0.6) is 0 Å². The monoisotopic (exact) mass is 1990 g/mol. The summed E-state index contributed by atoms with van der Waals surface area (Å²) in [4.78, 5) is 25.4. The number of halogens is 4. The van der Waals surface area contributed by atoms with Gasteiger partial charge < -0.3 is 48.8 Å².